The van der Waals surface area contributed by atoms with Gasteiger partial charge in [-0.1, -0.05) is 12.1 Å². The molecule has 0 unspecified atom stereocenters. The zero-order valence-corrected chi connectivity index (χ0v) is 10.8. The number of anilines is 2. The number of para-hydroxylation sites is 2. The van der Waals surface area contributed by atoms with Gasteiger partial charge in [0, 0.05) is 13.1 Å². The Hall–Kier alpha value is -2.34. The number of aromatic amines is 1. The lowest BCUT2D eigenvalue weighted by Gasteiger charge is -2.29. The Morgan fingerprint density at radius 3 is 3.10 bits per heavy atom. The molecule has 4 rings (SSSR count). The van der Waals surface area contributed by atoms with Gasteiger partial charge in [-0.2, -0.15) is 0 Å². The highest BCUT2D eigenvalue weighted by molar-refractivity contribution is 5.66. The van der Waals surface area contributed by atoms with Crippen molar-refractivity contribution in [2.24, 2.45) is 0 Å². The SMILES string of the molecule is O=c1[nH]c(N2CCOc3ccccc32)nc2c1CNC2. The number of nitrogens with one attached hydrogen (secondary N) is 2. The first-order valence-corrected chi connectivity index (χ1v) is 6.65. The molecule has 0 saturated heterocycles. The topological polar surface area (TPSA) is 70.2 Å². The third-order valence-corrected chi connectivity index (χ3v) is 3.67. The van der Waals surface area contributed by atoms with E-state index in [2.05, 4.69) is 15.3 Å². The molecule has 2 aliphatic rings. The van der Waals surface area contributed by atoms with Gasteiger partial charge in [0.2, 0.25) is 5.95 Å². The van der Waals surface area contributed by atoms with Gasteiger partial charge in [0.15, 0.2) is 0 Å². The van der Waals surface area contributed by atoms with E-state index in [-0.39, 0.29) is 5.56 Å². The normalized spacial score (nSPS) is 16.5. The molecule has 0 bridgehead atoms. The maximum Gasteiger partial charge on any atom is 0.257 e. The Kier molecular flexibility index (Phi) is 2.50. The number of H-pyrrole nitrogens is 1. The van der Waals surface area contributed by atoms with E-state index in [1.54, 1.807) is 0 Å². The monoisotopic (exact) mass is 270 g/mol. The van der Waals surface area contributed by atoms with E-state index in [1.165, 1.54) is 0 Å². The number of nitrogens with zero attached hydrogens (tertiary/aromatic N) is 2. The number of hydrogen-bond donors (Lipinski definition) is 2. The summed E-state index contributed by atoms with van der Waals surface area (Å²) < 4.78 is 5.62. The quantitative estimate of drug-likeness (QED) is 0.806. The van der Waals surface area contributed by atoms with Crippen molar-refractivity contribution in [1.29, 1.82) is 0 Å². The molecule has 0 amide bonds. The van der Waals surface area contributed by atoms with Gasteiger partial charge in [-0.25, -0.2) is 4.98 Å². The summed E-state index contributed by atoms with van der Waals surface area (Å²) in [6.07, 6.45) is 0. The zero-order chi connectivity index (χ0) is 13.5. The van der Waals surface area contributed by atoms with Gasteiger partial charge in [0.25, 0.3) is 5.56 Å². The van der Waals surface area contributed by atoms with Gasteiger partial charge in [0.05, 0.1) is 23.5 Å². The summed E-state index contributed by atoms with van der Waals surface area (Å²) in [4.78, 5) is 21.6. The highest BCUT2D eigenvalue weighted by Crippen LogP contribution is 2.34. The van der Waals surface area contributed by atoms with Crippen molar-refractivity contribution < 1.29 is 4.74 Å². The third kappa shape index (κ3) is 1.69. The van der Waals surface area contributed by atoms with Crippen LogP contribution in [-0.4, -0.2) is 23.1 Å². The zero-order valence-electron chi connectivity index (χ0n) is 10.8. The number of ether oxygens (including phenoxy) is 1. The summed E-state index contributed by atoms with van der Waals surface area (Å²) in [5.74, 6) is 1.41. The van der Waals surface area contributed by atoms with Gasteiger partial charge < -0.3 is 15.0 Å². The Morgan fingerprint density at radius 1 is 1.25 bits per heavy atom. The largest absolute Gasteiger partial charge is 0.490 e. The fourth-order valence-electron chi connectivity index (χ4n) is 2.68. The Morgan fingerprint density at radius 2 is 2.15 bits per heavy atom. The van der Waals surface area contributed by atoms with Gasteiger partial charge >= 0.3 is 0 Å². The Balaban J connectivity index is 1.83. The van der Waals surface area contributed by atoms with Crippen molar-refractivity contribution in [1.82, 2.24) is 15.3 Å². The van der Waals surface area contributed by atoms with Crippen LogP contribution in [-0.2, 0) is 13.1 Å². The summed E-state index contributed by atoms with van der Waals surface area (Å²) >= 11 is 0. The Bertz CT molecular complexity index is 725. The highest BCUT2D eigenvalue weighted by atomic mass is 16.5. The van der Waals surface area contributed by atoms with Crippen molar-refractivity contribution in [3.05, 3.63) is 45.9 Å². The lowest BCUT2D eigenvalue weighted by Crippen LogP contribution is -2.32. The molecule has 1 aromatic heterocycles. The summed E-state index contributed by atoms with van der Waals surface area (Å²) in [5, 5.41) is 3.15. The van der Waals surface area contributed by atoms with Crippen LogP contribution in [0.4, 0.5) is 11.6 Å². The van der Waals surface area contributed by atoms with Crippen LogP contribution < -0.4 is 20.5 Å². The van der Waals surface area contributed by atoms with Gasteiger partial charge in [-0.15, -0.1) is 0 Å². The predicted molar refractivity (Wildman–Crippen MR) is 74.3 cm³/mol. The number of benzene rings is 1. The second kappa shape index (κ2) is 4.35. The van der Waals surface area contributed by atoms with E-state index in [1.807, 2.05) is 29.2 Å². The minimum absolute atomic E-state index is 0.0565. The molecule has 0 atom stereocenters. The van der Waals surface area contributed by atoms with Gasteiger partial charge in [-0.05, 0) is 12.1 Å². The Labute approximate surface area is 115 Å². The van der Waals surface area contributed by atoms with Crippen molar-refractivity contribution >= 4 is 11.6 Å². The number of aromatic nitrogens is 2. The number of rotatable bonds is 1. The standard InChI is InChI=1S/C14H14N4O2/c19-13-9-7-15-8-10(9)16-14(17-13)18-5-6-20-12-4-2-1-3-11(12)18/h1-4,15H,5-8H2,(H,16,17,19). The third-order valence-electron chi connectivity index (χ3n) is 3.67. The van der Waals surface area contributed by atoms with Gasteiger partial charge in [-0.3, -0.25) is 9.78 Å². The van der Waals surface area contributed by atoms with Crippen LogP contribution in [0, 0.1) is 0 Å². The van der Waals surface area contributed by atoms with Crippen LogP contribution in [0.5, 0.6) is 5.75 Å². The van der Waals surface area contributed by atoms with E-state index in [4.69, 9.17) is 4.74 Å². The summed E-state index contributed by atoms with van der Waals surface area (Å²) in [5.41, 5.74) is 2.47. The highest BCUT2D eigenvalue weighted by Gasteiger charge is 2.23. The van der Waals surface area contributed by atoms with Crippen LogP contribution in [0.25, 0.3) is 0 Å². The molecule has 1 aromatic carbocycles. The summed E-state index contributed by atoms with van der Waals surface area (Å²) in [7, 11) is 0. The lowest BCUT2D eigenvalue weighted by molar-refractivity contribution is 0.313. The maximum atomic E-state index is 12.1. The summed E-state index contributed by atoms with van der Waals surface area (Å²) in [6.45, 7) is 2.50. The fourth-order valence-corrected chi connectivity index (χ4v) is 2.68. The number of hydrogen-bond acceptors (Lipinski definition) is 5. The second-order valence-corrected chi connectivity index (χ2v) is 4.89. The molecular weight excluding hydrogens is 256 g/mol. The van der Waals surface area contributed by atoms with Crippen LogP contribution in [0.2, 0.25) is 0 Å². The van der Waals surface area contributed by atoms with Crippen LogP contribution in [0.15, 0.2) is 29.1 Å². The maximum absolute atomic E-state index is 12.1. The molecule has 0 saturated carbocycles. The average Bonchev–Trinajstić information content (AvgIpc) is 2.95. The van der Waals surface area contributed by atoms with Crippen molar-refractivity contribution in [3.63, 3.8) is 0 Å². The molecule has 2 N–H and O–H groups in total. The minimum Gasteiger partial charge on any atom is -0.490 e. The molecule has 6 heteroatoms. The molecule has 102 valence electrons. The first-order valence-electron chi connectivity index (χ1n) is 6.65. The van der Waals surface area contributed by atoms with Crippen LogP contribution >= 0.6 is 0 Å². The molecule has 20 heavy (non-hydrogen) atoms. The second-order valence-electron chi connectivity index (χ2n) is 4.89. The van der Waals surface area contributed by atoms with Crippen molar-refractivity contribution in [2.75, 3.05) is 18.1 Å². The van der Waals surface area contributed by atoms with E-state index in [0.29, 0.717) is 32.2 Å². The molecule has 2 aliphatic heterocycles. The van der Waals surface area contributed by atoms with E-state index in [9.17, 15) is 4.79 Å². The first kappa shape index (κ1) is 11.5. The van der Waals surface area contributed by atoms with E-state index >= 15 is 0 Å². The summed E-state index contributed by atoms with van der Waals surface area (Å²) in [6, 6.07) is 7.78. The molecule has 0 radical (unpaired) electrons. The van der Waals surface area contributed by atoms with Gasteiger partial charge in [0.1, 0.15) is 12.4 Å². The van der Waals surface area contributed by atoms with Crippen LogP contribution in [0.1, 0.15) is 11.3 Å². The van der Waals surface area contributed by atoms with Crippen LogP contribution in [0.3, 0.4) is 0 Å². The molecule has 0 aliphatic carbocycles. The van der Waals surface area contributed by atoms with Crippen molar-refractivity contribution in [2.45, 2.75) is 13.1 Å². The average molecular weight is 270 g/mol. The molecular formula is C14H14N4O2. The smallest absolute Gasteiger partial charge is 0.257 e. The number of fused-ring (bicyclic) bond motifs is 2. The van der Waals surface area contributed by atoms with E-state index in [0.717, 1.165) is 22.7 Å². The first-order chi connectivity index (χ1) is 9.83. The fraction of sp³-hybridized carbons (Fsp3) is 0.286. The molecule has 0 spiro atoms. The molecule has 3 heterocycles. The lowest BCUT2D eigenvalue weighted by atomic mass is 10.2. The predicted octanol–water partition coefficient (Wildman–Crippen LogP) is 0.904. The molecule has 6 nitrogen and oxygen atoms in total. The molecule has 0 fully saturated rings. The minimum atomic E-state index is -0.0565. The van der Waals surface area contributed by atoms with E-state index < -0.39 is 0 Å². The molecule has 2 aromatic rings. The van der Waals surface area contributed by atoms with Crippen molar-refractivity contribution in [3.8, 4) is 5.75 Å².